The van der Waals surface area contributed by atoms with E-state index in [-0.39, 0.29) is 12.4 Å². The first-order valence-electron chi connectivity index (χ1n) is 2.85. The summed E-state index contributed by atoms with van der Waals surface area (Å²) < 4.78 is 0.484. The number of nitrogens with zero attached hydrogens (tertiary/aromatic N) is 1. The molecule has 0 amide bonds. The molecule has 0 unspecified atom stereocenters. The molecule has 2 N–H and O–H groups in total. The number of carboxylic acid groups (broad SMARTS) is 1. The molecule has 0 radical (unpaired) electrons. The third kappa shape index (κ3) is 1.90. The van der Waals surface area contributed by atoms with Crippen LogP contribution in [0.15, 0.2) is 0 Å². The topological polar surface area (TPSA) is 64.4 Å². The van der Waals surface area contributed by atoms with E-state index in [0.29, 0.717) is 10.1 Å². The van der Waals surface area contributed by atoms with E-state index in [1.807, 2.05) is 0 Å². The molecule has 1 aliphatic heterocycles. The number of hydrogen-bond acceptors (Lipinski definition) is 4. The van der Waals surface area contributed by atoms with Crippen molar-refractivity contribution in [2.24, 2.45) is 0 Å². The Balaban J connectivity index is 2.62. The van der Waals surface area contributed by atoms with E-state index in [1.54, 1.807) is 0 Å². The molecule has 0 aromatic heterocycles. The molecule has 11 heavy (non-hydrogen) atoms. The van der Waals surface area contributed by atoms with Crippen molar-refractivity contribution in [2.45, 2.75) is 0 Å². The molecule has 60 valence electrons. The number of hydrogen-bond donors (Lipinski definition) is 2. The predicted octanol–water partition coefficient (Wildman–Crippen LogP) is 0.382. The van der Waals surface area contributed by atoms with Crippen molar-refractivity contribution in [3.8, 4) is 0 Å². The molecule has 1 heterocycles. The zero-order chi connectivity index (χ0) is 8.43. The number of aliphatic carboxylic acids is 1. The van der Waals surface area contributed by atoms with E-state index in [9.17, 15) is 4.79 Å². The van der Waals surface area contributed by atoms with Crippen LogP contribution in [0, 0.1) is 5.41 Å². The van der Waals surface area contributed by atoms with Gasteiger partial charge in [-0.1, -0.05) is 24.0 Å². The number of thioether (sulfide) groups is 1. The van der Waals surface area contributed by atoms with Gasteiger partial charge in [0.15, 0.2) is 0 Å². The van der Waals surface area contributed by atoms with Crippen LogP contribution in [-0.2, 0) is 4.79 Å². The minimum absolute atomic E-state index is 0.190. The molecule has 0 atom stereocenters. The van der Waals surface area contributed by atoms with Crippen LogP contribution in [0.3, 0.4) is 0 Å². The van der Waals surface area contributed by atoms with Crippen LogP contribution in [0.5, 0.6) is 0 Å². The van der Waals surface area contributed by atoms with Gasteiger partial charge in [0, 0.05) is 0 Å². The van der Waals surface area contributed by atoms with Gasteiger partial charge in [-0.2, -0.15) is 0 Å². The first-order valence-corrected chi connectivity index (χ1v) is 4.24. The maximum absolute atomic E-state index is 10.2. The first-order chi connectivity index (χ1) is 5.11. The fraction of sp³-hybridized carbons (Fsp3) is 0.400. The fourth-order valence-corrected chi connectivity index (χ4v) is 1.79. The van der Waals surface area contributed by atoms with Crippen molar-refractivity contribution < 1.29 is 9.90 Å². The van der Waals surface area contributed by atoms with Crippen LogP contribution in [0.4, 0.5) is 0 Å². The SMILES string of the molecule is N=C1CSC(=S)N1CC(=O)O. The van der Waals surface area contributed by atoms with Gasteiger partial charge >= 0.3 is 5.97 Å². The Kier molecular flexibility index (Phi) is 2.45. The van der Waals surface area contributed by atoms with E-state index >= 15 is 0 Å². The van der Waals surface area contributed by atoms with E-state index < -0.39 is 5.97 Å². The minimum atomic E-state index is -0.959. The summed E-state index contributed by atoms with van der Waals surface area (Å²) in [5, 5.41) is 15.7. The Morgan fingerprint density at radius 3 is 2.91 bits per heavy atom. The molecule has 0 aromatic rings. The lowest BCUT2D eigenvalue weighted by Crippen LogP contribution is -2.33. The average molecular weight is 190 g/mol. The lowest BCUT2D eigenvalue weighted by molar-refractivity contribution is -0.136. The van der Waals surface area contributed by atoms with Crippen LogP contribution >= 0.6 is 24.0 Å². The van der Waals surface area contributed by atoms with Gasteiger partial charge in [-0.25, -0.2) is 0 Å². The summed E-state index contributed by atoms with van der Waals surface area (Å²) in [5.74, 6) is -0.187. The average Bonchev–Trinajstić information content (AvgIpc) is 2.18. The Hall–Kier alpha value is -0.620. The quantitative estimate of drug-likeness (QED) is 0.616. The molecule has 0 bridgehead atoms. The maximum atomic E-state index is 10.2. The lowest BCUT2D eigenvalue weighted by atomic mass is 10.5. The van der Waals surface area contributed by atoms with E-state index in [2.05, 4.69) is 0 Å². The molecule has 1 rings (SSSR count). The van der Waals surface area contributed by atoms with Crippen LogP contribution in [0.25, 0.3) is 0 Å². The predicted molar refractivity (Wildman–Crippen MR) is 47.1 cm³/mol. The highest BCUT2D eigenvalue weighted by Crippen LogP contribution is 2.18. The second kappa shape index (κ2) is 3.19. The van der Waals surface area contributed by atoms with E-state index in [1.165, 1.54) is 16.7 Å². The number of carbonyl (C=O) groups is 1. The van der Waals surface area contributed by atoms with Gasteiger partial charge in [0.1, 0.15) is 16.7 Å². The lowest BCUT2D eigenvalue weighted by Gasteiger charge is -2.12. The highest BCUT2D eigenvalue weighted by molar-refractivity contribution is 8.24. The molecule has 4 nitrogen and oxygen atoms in total. The number of rotatable bonds is 2. The molecular formula is C5H6N2O2S2. The highest BCUT2D eigenvalue weighted by Gasteiger charge is 2.24. The van der Waals surface area contributed by atoms with Crippen molar-refractivity contribution >= 4 is 40.1 Å². The fourth-order valence-electron chi connectivity index (χ4n) is 0.691. The zero-order valence-electron chi connectivity index (χ0n) is 5.53. The summed E-state index contributed by atoms with van der Waals surface area (Å²) in [5.41, 5.74) is 0. The van der Waals surface area contributed by atoms with Crippen LogP contribution in [0.2, 0.25) is 0 Å². The second-order valence-corrected chi connectivity index (χ2v) is 3.59. The molecule has 0 spiro atoms. The van der Waals surface area contributed by atoms with Crippen molar-refractivity contribution in [1.29, 1.82) is 5.41 Å². The highest BCUT2D eigenvalue weighted by atomic mass is 32.2. The van der Waals surface area contributed by atoms with Gasteiger partial charge in [-0.3, -0.25) is 10.2 Å². The molecular weight excluding hydrogens is 184 g/mol. The Morgan fingerprint density at radius 1 is 1.91 bits per heavy atom. The molecule has 6 heteroatoms. The van der Waals surface area contributed by atoms with Crippen molar-refractivity contribution in [1.82, 2.24) is 4.90 Å². The summed E-state index contributed by atoms with van der Waals surface area (Å²) in [6.07, 6.45) is 0. The molecule has 0 saturated carbocycles. The monoisotopic (exact) mass is 190 g/mol. The smallest absolute Gasteiger partial charge is 0.323 e. The Labute approximate surface area is 73.1 Å². The zero-order valence-corrected chi connectivity index (χ0v) is 7.17. The van der Waals surface area contributed by atoms with Crippen molar-refractivity contribution in [3.05, 3.63) is 0 Å². The Bertz CT molecular complexity index is 213. The summed E-state index contributed by atoms with van der Waals surface area (Å²) in [7, 11) is 0. The van der Waals surface area contributed by atoms with Crippen LogP contribution in [-0.4, -0.2) is 38.4 Å². The molecule has 1 aliphatic rings. The molecule has 0 aliphatic carbocycles. The van der Waals surface area contributed by atoms with Gasteiger partial charge < -0.3 is 10.0 Å². The first kappa shape index (κ1) is 8.48. The number of thiocarbonyl (C=S) groups is 1. The third-order valence-corrected chi connectivity index (χ3v) is 2.63. The van der Waals surface area contributed by atoms with E-state index in [4.69, 9.17) is 22.7 Å². The number of amidine groups is 1. The van der Waals surface area contributed by atoms with E-state index in [0.717, 1.165) is 0 Å². The van der Waals surface area contributed by atoms with Gasteiger partial charge in [0.25, 0.3) is 0 Å². The number of carboxylic acids is 1. The van der Waals surface area contributed by atoms with Gasteiger partial charge in [0.2, 0.25) is 0 Å². The third-order valence-electron chi connectivity index (χ3n) is 1.17. The summed E-state index contributed by atoms with van der Waals surface area (Å²) in [6, 6.07) is 0. The molecule has 0 aromatic carbocycles. The molecule has 1 saturated heterocycles. The summed E-state index contributed by atoms with van der Waals surface area (Å²) in [4.78, 5) is 11.6. The summed E-state index contributed by atoms with van der Waals surface area (Å²) in [6.45, 7) is -0.190. The number of nitrogens with one attached hydrogen (secondary N) is 1. The second-order valence-electron chi connectivity index (χ2n) is 1.98. The normalized spacial score (nSPS) is 17.6. The standard InChI is InChI=1S/C5H6N2O2S2/c6-3-2-11-5(10)7(3)1-4(8)9/h6H,1-2H2,(H,8,9). The van der Waals surface area contributed by atoms with Crippen molar-refractivity contribution in [3.63, 3.8) is 0 Å². The largest absolute Gasteiger partial charge is 0.480 e. The van der Waals surface area contributed by atoms with Gasteiger partial charge in [0.05, 0.1) is 5.75 Å². The summed E-state index contributed by atoms with van der Waals surface area (Å²) >= 11 is 6.15. The Morgan fingerprint density at radius 2 is 2.55 bits per heavy atom. The maximum Gasteiger partial charge on any atom is 0.323 e. The minimum Gasteiger partial charge on any atom is -0.480 e. The molecule has 1 fully saturated rings. The van der Waals surface area contributed by atoms with Crippen LogP contribution < -0.4 is 0 Å². The van der Waals surface area contributed by atoms with Gasteiger partial charge in [-0.15, -0.1) is 0 Å². The van der Waals surface area contributed by atoms with Gasteiger partial charge in [-0.05, 0) is 0 Å². The van der Waals surface area contributed by atoms with Crippen LogP contribution in [0.1, 0.15) is 0 Å². The van der Waals surface area contributed by atoms with Crippen molar-refractivity contribution in [2.75, 3.05) is 12.3 Å².